The molecule has 7 nitrogen and oxygen atoms in total. The molecule has 10 heteroatoms. The zero-order chi connectivity index (χ0) is 21.8. The number of thioether (sulfide) groups is 1. The molecule has 0 atom stereocenters. The van der Waals surface area contributed by atoms with Gasteiger partial charge in [-0.3, -0.25) is 4.79 Å². The molecule has 0 aliphatic rings. The highest BCUT2D eigenvalue weighted by Gasteiger charge is 2.16. The average Bonchev–Trinajstić information content (AvgIpc) is 3.32. The second-order valence-corrected chi connectivity index (χ2v) is 8.84. The summed E-state index contributed by atoms with van der Waals surface area (Å²) in [6, 6.07) is 15.9. The van der Waals surface area contributed by atoms with Gasteiger partial charge in [-0.15, -0.1) is 10.2 Å². The van der Waals surface area contributed by atoms with Gasteiger partial charge in [0, 0.05) is 5.69 Å². The Hall–Kier alpha value is -3.24. The van der Waals surface area contributed by atoms with Crippen LogP contribution in [-0.2, 0) is 4.79 Å². The van der Waals surface area contributed by atoms with Crippen LogP contribution in [0.1, 0.15) is 11.4 Å². The molecule has 2 heterocycles. The molecular weight excluding hydrogens is 435 g/mol. The van der Waals surface area contributed by atoms with Gasteiger partial charge in [-0.1, -0.05) is 47.4 Å². The van der Waals surface area contributed by atoms with Crippen molar-refractivity contribution in [2.45, 2.75) is 18.2 Å². The van der Waals surface area contributed by atoms with Gasteiger partial charge in [-0.05, 0) is 44.2 Å². The topological polar surface area (TPSA) is 84.7 Å². The molecule has 4 rings (SSSR count). The van der Waals surface area contributed by atoms with E-state index < -0.39 is 0 Å². The lowest BCUT2D eigenvalue weighted by atomic mass is 10.3. The summed E-state index contributed by atoms with van der Waals surface area (Å²) in [5.41, 5.74) is 3.84. The first-order valence-electron chi connectivity index (χ1n) is 9.40. The van der Waals surface area contributed by atoms with Crippen molar-refractivity contribution in [3.05, 3.63) is 71.8 Å². The van der Waals surface area contributed by atoms with Gasteiger partial charge in [0.2, 0.25) is 11.0 Å². The molecule has 0 spiro atoms. The largest absolute Gasteiger partial charge is 0.330 e. The van der Waals surface area contributed by atoms with Gasteiger partial charge < -0.3 is 10.6 Å². The molecule has 2 aromatic heterocycles. The van der Waals surface area contributed by atoms with Crippen molar-refractivity contribution in [1.29, 1.82) is 0 Å². The van der Waals surface area contributed by atoms with Crippen molar-refractivity contribution in [2.75, 3.05) is 16.4 Å². The quantitative estimate of drug-likeness (QED) is 0.384. The number of aromatic nitrogens is 4. The van der Waals surface area contributed by atoms with E-state index in [-0.39, 0.29) is 17.5 Å². The maximum absolute atomic E-state index is 13.3. The smallest absolute Gasteiger partial charge is 0.234 e. The molecular formula is C21H19FN6OS2. The SMILES string of the molecule is Cc1nn(-c2ccccc2)c(C)c1NC(=O)CSc1nnc(Nc2cccc(F)c2)s1. The van der Waals surface area contributed by atoms with Gasteiger partial charge in [-0.2, -0.15) is 5.10 Å². The normalized spacial score (nSPS) is 10.8. The second kappa shape index (κ2) is 9.27. The lowest BCUT2D eigenvalue weighted by molar-refractivity contribution is -0.113. The fourth-order valence-corrected chi connectivity index (χ4v) is 4.53. The zero-order valence-corrected chi connectivity index (χ0v) is 18.4. The molecule has 0 fully saturated rings. The molecule has 0 radical (unpaired) electrons. The summed E-state index contributed by atoms with van der Waals surface area (Å²) in [6.45, 7) is 3.79. The molecule has 4 aromatic rings. The summed E-state index contributed by atoms with van der Waals surface area (Å²) < 4.78 is 15.7. The number of anilines is 3. The van der Waals surface area contributed by atoms with Gasteiger partial charge in [0.15, 0.2) is 4.34 Å². The maximum Gasteiger partial charge on any atom is 0.234 e. The number of para-hydroxylation sites is 1. The highest BCUT2D eigenvalue weighted by molar-refractivity contribution is 8.01. The van der Waals surface area contributed by atoms with Crippen LogP contribution >= 0.6 is 23.1 Å². The minimum Gasteiger partial charge on any atom is -0.330 e. The van der Waals surface area contributed by atoms with Crippen LogP contribution in [0, 0.1) is 19.7 Å². The second-order valence-electron chi connectivity index (χ2n) is 6.64. The molecule has 158 valence electrons. The van der Waals surface area contributed by atoms with Crippen LogP contribution in [0.15, 0.2) is 58.9 Å². The van der Waals surface area contributed by atoms with Crippen LogP contribution in [0.2, 0.25) is 0 Å². The molecule has 0 saturated carbocycles. The molecule has 0 bridgehead atoms. The molecule has 0 unspecified atom stereocenters. The summed E-state index contributed by atoms with van der Waals surface area (Å²) in [7, 11) is 0. The van der Waals surface area contributed by atoms with Gasteiger partial charge in [0.25, 0.3) is 0 Å². The number of nitrogens with one attached hydrogen (secondary N) is 2. The summed E-state index contributed by atoms with van der Waals surface area (Å²) in [5.74, 6) is -0.301. The van der Waals surface area contributed by atoms with Crippen LogP contribution < -0.4 is 10.6 Å². The first-order valence-corrected chi connectivity index (χ1v) is 11.2. The minimum atomic E-state index is -0.332. The number of hydrogen-bond donors (Lipinski definition) is 2. The van der Waals surface area contributed by atoms with Crippen molar-refractivity contribution < 1.29 is 9.18 Å². The lowest BCUT2D eigenvalue weighted by Crippen LogP contribution is -2.15. The molecule has 2 aromatic carbocycles. The lowest BCUT2D eigenvalue weighted by Gasteiger charge is -2.06. The van der Waals surface area contributed by atoms with Crippen molar-refractivity contribution in [1.82, 2.24) is 20.0 Å². The van der Waals surface area contributed by atoms with Gasteiger partial charge >= 0.3 is 0 Å². The third kappa shape index (κ3) is 5.09. The number of carbonyl (C=O) groups is 1. The van der Waals surface area contributed by atoms with E-state index in [1.54, 1.807) is 12.1 Å². The van der Waals surface area contributed by atoms with Crippen LogP contribution in [0.3, 0.4) is 0 Å². The zero-order valence-electron chi connectivity index (χ0n) is 16.8. The van der Waals surface area contributed by atoms with E-state index in [2.05, 4.69) is 25.9 Å². The number of rotatable bonds is 7. The fraction of sp³-hybridized carbons (Fsp3) is 0.143. The predicted octanol–water partition coefficient (Wildman–Crippen LogP) is 4.95. The van der Waals surface area contributed by atoms with Gasteiger partial charge in [0.05, 0.1) is 28.5 Å². The number of nitrogens with zero attached hydrogens (tertiary/aromatic N) is 4. The Balaban J connectivity index is 1.36. The van der Waals surface area contributed by atoms with Crippen LogP contribution in [-0.4, -0.2) is 31.6 Å². The van der Waals surface area contributed by atoms with Crippen LogP contribution in [0.5, 0.6) is 0 Å². The molecule has 0 aliphatic carbocycles. The fourth-order valence-electron chi connectivity index (χ4n) is 2.96. The summed E-state index contributed by atoms with van der Waals surface area (Å²) in [4.78, 5) is 12.5. The van der Waals surface area contributed by atoms with Gasteiger partial charge in [-0.25, -0.2) is 9.07 Å². The van der Waals surface area contributed by atoms with E-state index in [0.29, 0.717) is 20.8 Å². The van der Waals surface area contributed by atoms with E-state index in [9.17, 15) is 9.18 Å². The Bertz CT molecular complexity index is 1210. The Labute approximate surface area is 186 Å². The number of hydrogen-bond acceptors (Lipinski definition) is 7. The van der Waals surface area contributed by atoms with Crippen LogP contribution in [0.4, 0.5) is 20.9 Å². The standard InChI is InChI=1S/C21H19FN6OS2/c1-13-19(14(2)28(27-13)17-9-4-3-5-10-17)24-18(29)12-30-21-26-25-20(31-21)23-16-8-6-7-15(22)11-16/h3-11H,12H2,1-2H3,(H,23,25)(H,24,29). The first-order chi connectivity index (χ1) is 15.0. The van der Waals surface area contributed by atoms with Crippen molar-refractivity contribution in [2.24, 2.45) is 0 Å². The minimum absolute atomic E-state index is 0.154. The first kappa shape index (κ1) is 21.0. The third-order valence-electron chi connectivity index (χ3n) is 4.37. The van der Waals surface area contributed by atoms with E-state index in [0.717, 1.165) is 17.1 Å². The molecule has 0 aliphatic heterocycles. The molecule has 31 heavy (non-hydrogen) atoms. The van der Waals surface area contributed by atoms with E-state index in [4.69, 9.17) is 0 Å². The number of amides is 1. The van der Waals surface area contributed by atoms with Crippen molar-refractivity contribution in [3.63, 3.8) is 0 Å². The summed E-state index contributed by atoms with van der Waals surface area (Å²) >= 11 is 2.59. The highest BCUT2D eigenvalue weighted by Crippen LogP contribution is 2.28. The van der Waals surface area contributed by atoms with E-state index >= 15 is 0 Å². The predicted molar refractivity (Wildman–Crippen MR) is 122 cm³/mol. The average molecular weight is 455 g/mol. The Morgan fingerprint density at radius 2 is 1.94 bits per heavy atom. The molecule has 2 N–H and O–H groups in total. The Morgan fingerprint density at radius 1 is 1.13 bits per heavy atom. The number of benzene rings is 2. The molecule has 0 saturated heterocycles. The number of halogens is 1. The maximum atomic E-state index is 13.3. The summed E-state index contributed by atoms with van der Waals surface area (Å²) in [6.07, 6.45) is 0. The van der Waals surface area contributed by atoms with Crippen LogP contribution in [0.25, 0.3) is 5.69 Å². The Morgan fingerprint density at radius 3 is 2.71 bits per heavy atom. The highest BCUT2D eigenvalue weighted by atomic mass is 32.2. The molecule has 1 amide bonds. The van der Waals surface area contributed by atoms with E-state index in [1.165, 1.54) is 35.2 Å². The number of aryl methyl sites for hydroxylation is 1. The monoisotopic (exact) mass is 454 g/mol. The van der Waals surface area contributed by atoms with E-state index in [1.807, 2.05) is 48.9 Å². The van der Waals surface area contributed by atoms with Crippen molar-refractivity contribution >= 4 is 45.5 Å². The third-order valence-corrected chi connectivity index (χ3v) is 6.34. The summed E-state index contributed by atoms with van der Waals surface area (Å²) in [5, 5.41) is 19.1. The number of carbonyl (C=O) groups excluding carboxylic acids is 1. The van der Waals surface area contributed by atoms with Crippen molar-refractivity contribution in [3.8, 4) is 5.69 Å². The Kier molecular flexibility index (Phi) is 6.28. The van der Waals surface area contributed by atoms with Gasteiger partial charge in [0.1, 0.15) is 5.82 Å².